The molecule has 12 rings (SSSR count). The summed E-state index contributed by atoms with van der Waals surface area (Å²) in [6.45, 7) is 0.591. The normalized spacial score (nSPS) is 15.5. The van der Waals surface area contributed by atoms with E-state index < -0.39 is 148 Å². The molecule has 4 aromatic carbocycles. The second-order valence-corrected chi connectivity index (χ2v) is 31.8. The zero-order valence-corrected chi connectivity index (χ0v) is 69.5. The molecular formula is C82H79Cl3F14N12O15S. The molecule has 4 aliphatic heterocycles. The van der Waals surface area contributed by atoms with Crippen LogP contribution in [0, 0.1) is 23.3 Å². The van der Waals surface area contributed by atoms with Gasteiger partial charge in [-0.05, 0) is 151 Å². The van der Waals surface area contributed by atoms with Gasteiger partial charge in [0.2, 0.25) is 9.84 Å². The van der Waals surface area contributed by atoms with Crippen molar-refractivity contribution in [3.05, 3.63) is 247 Å². The van der Waals surface area contributed by atoms with Crippen molar-refractivity contribution in [1.29, 1.82) is 0 Å². The van der Waals surface area contributed by atoms with Gasteiger partial charge in [-0.3, -0.25) is 19.9 Å². The number of aliphatic hydroxyl groups is 8. The molecule has 0 spiro atoms. The lowest BCUT2D eigenvalue weighted by molar-refractivity contribution is -0.274. The van der Waals surface area contributed by atoms with Gasteiger partial charge in [-0.1, -0.05) is 59.1 Å². The predicted octanol–water partition coefficient (Wildman–Crippen LogP) is 15.6. The van der Waals surface area contributed by atoms with E-state index in [1.165, 1.54) is 80.8 Å². The fraction of sp³-hybridized carbons (Fsp3) is 0.317. The van der Waals surface area contributed by atoms with Crippen LogP contribution in [0.2, 0.25) is 15.1 Å². The average molecular weight is 1880 g/mol. The summed E-state index contributed by atoms with van der Waals surface area (Å²) >= 11 is 17.9. The predicted molar refractivity (Wildman–Crippen MR) is 438 cm³/mol. The fourth-order valence-electron chi connectivity index (χ4n) is 12.5. The summed E-state index contributed by atoms with van der Waals surface area (Å²) in [5, 5.41) is 80.2. The van der Waals surface area contributed by atoms with Crippen LogP contribution in [0.3, 0.4) is 0 Å². The van der Waals surface area contributed by atoms with E-state index in [1.54, 1.807) is 24.3 Å². The Morgan fingerprint density at radius 2 is 0.748 bits per heavy atom. The maximum absolute atomic E-state index is 14.4. The summed E-state index contributed by atoms with van der Waals surface area (Å²) in [7, 11) is -4.79. The van der Waals surface area contributed by atoms with Gasteiger partial charge in [-0.25, -0.2) is 53.9 Å². The number of pyridine rings is 4. The van der Waals surface area contributed by atoms with Gasteiger partial charge in [-0.15, -0.1) is 13.2 Å². The van der Waals surface area contributed by atoms with Crippen LogP contribution in [0.1, 0.15) is 120 Å². The number of hydrogen-bond acceptors (Lipinski definition) is 19. The van der Waals surface area contributed by atoms with Crippen molar-refractivity contribution in [1.82, 2.24) is 39.5 Å². The summed E-state index contributed by atoms with van der Waals surface area (Å²) in [5.74, 6) is -7.22. The summed E-state index contributed by atoms with van der Waals surface area (Å²) in [6.07, 6.45) is -1.24. The summed E-state index contributed by atoms with van der Waals surface area (Å²) in [6, 6.07) is 16.5. The number of urea groups is 4. The number of sulfone groups is 1. The van der Waals surface area contributed by atoms with Crippen molar-refractivity contribution in [2.24, 2.45) is 0 Å². The van der Waals surface area contributed by atoms with Gasteiger partial charge >= 0.3 is 41.9 Å². The number of ether oxygens (including phenoxy) is 1. The molecule has 4 aliphatic rings. The molecule has 0 fully saturated rings. The van der Waals surface area contributed by atoms with Gasteiger partial charge in [0, 0.05) is 147 Å². The fourth-order valence-corrected chi connectivity index (χ4v) is 14.2. The first-order valence-corrected chi connectivity index (χ1v) is 40.4. The maximum atomic E-state index is 14.4. The molecule has 127 heavy (non-hydrogen) atoms. The Kier molecular flexibility index (Phi) is 33.8. The first-order valence-electron chi connectivity index (χ1n) is 37.8. The number of nitrogens with one attached hydrogen (secondary N) is 4. The van der Waals surface area contributed by atoms with Crippen molar-refractivity contribution in [3.8, 4) is 5.75 Å². The van der Waals surface area contributed by atoms with E-state index in [1.807, 2.05) is 0 Å². The third kappa shape index (κ3) is 26.7. The Morgan fingerprint density at radius 3 is 1.06 bits per heavy atom. The van der Waals surface area contributed by atoms with E-state index in [2.05, 4.69) is 45.9 Å². The van der Waals surface area contributed by atoms with Crippen LogP contribution in [0.4, 0.5) is 103 Å². The number of nitrogens with zero attached hydrogens (tertiary/aromatic N) is 8. The van der Waals surface area contributed by atoms with E-state index >= 15 is 0 Å². The maximum Gasteiger partial charge on any atom is 0.573 e. The lowest BCUT2D eigenvalue weighted by atomic mass is 10.0. The minimum absolute atomic E-state index is 0.0544. The standard InChI is InChI=1S/C21H21ClF3N3O3.C21H22ClF2N3O5S.C20H18ClF4N3O4.C20H18F5N3O3/c1-21(24,25)15-9-14(2-3-16(15)22)27-20(31)28-6-4-12(5-7-28)19-17(23)8-13(10-26-19)18(30)11-29;1-21(23,24)33(31,32)16-4-2-15(3-5-16)26-20(30)27-8-6-13(7-9-27)19-17(22)10-14(11-25-19)18(29)12-28;21-14-8-13(1-2-17(14)32-20(23,24)25)27-19(31)28-5-3-11(4-6-28)18-15(22)7-12(9-26-18)16(30)10-29;21-15-8-13(1-2-14(15)20(23,24)25)27-19(31)28-5-3-11(4-6-28)18-16(22)7-12(9-26-18)17(30)10-29/h2-4,8-10,18,29-30H,5-7,11H2,1H3,(H,27,31);2-6,10-11,18,28-29H,7-9,12H2,1H3,(H,26,30);1-3,7-9,16,29-30H,4-6,10H2,(H,27,31);1-3,7-9,17,29-30H,4-6,10H2,(H,27,31)/t2*18-;16-;17-/m1111/s1. The van der Waals surface area contributed by atoms with Gasteiger partial charge in [0.05, 0.1) is 52.6 Å². The van der Waals surface area contributed by atoms with Crippen LogP contribution in [-0.2, 0) is 21.9 Å². The van der Waals surface area contributed by atoms with Gasteiger partial charge in [0.1, 0.15) is 70.5 Å². The van der Waals surface area contributed by atoms with Crippen LogP contribution in [0.5, 0.6) is 5.75 Å². The highest BCUT2D eigenvalue weighted by molar-refractivity contribution is 7.92. The Morgan fingerprint density at radius 1 is 0.417 bits per heavy atom. The summed E-state index contributed by atoms with van der Waals surface area (Å²) in [4.78, 5) is 71.2. The molecule has 4 aromatic heterocycles. The van der Waals surface area contributed by atoms with Crippen LogP contribution >= 0.6 is 34.8 Å². The molecule has 0 saturated heterocycles. The highest BCUT2D eigenvalue weighted by atomic mass is 35.5. The zero-order chi connectivity index (χ0) is 93.4. The molecule has 0 unspecified atom stereocenters. The minimum atomic E-state index is -4.89. The number of amides is 8. The number of benzene rings is 4. The van der Waals surface area contributed by atoms with Crippen LogP contribution in [-0.4, -0.2) is 203 Å². The quantitative estimate of drug-likeness (QED) is 0.0315. The molecule has 0 radical (unpaired) electrons. The summed E-state index contributed by atoms with van der Waals surface area (Å²) in [5.41, 5.74) is 2.84. The largest absolute Gasteiger partial charge is 0.573 e. The van der Waals surface area contributed by atoms with E-state index in [-0.39, 0.29) is 124 Å². The smallest absolute Gasteiger partial charge is 0.404 e. The highest BCUT2D eigenvalue weighted by Gasteiger charge is 2.41. The topological polar surface area (TPSA) is 386 Å². The van der Waals surface area contributed by atoms with Gasteiger partial charge in [-0.2, -0.15) is 22.0 Å². The lowest BCUT2D eigenvalue weighted by Gasteiger charge is -2.27. The number of halogens is 17. The van der Waals surface area contributed by atoms with Gasteiger partial charge in [0.25, 0.3) is 5.92 Å². The molecule has 8 aromatic rings. The Balaban J connectivity index is 0.000000191. The Bertz CT molecular complexity index is 5560. The molecule has 8 heterocycles. The van der Waals surface area contributed by atoms with Gasteiger partial charge in [0.15, 0.2) is 0 Å². The lowest BCUT2D eigenvalue weighted by Crippen LogP contribution is -2.38. The number of carbonyl (C=O) groups is 4. The number of rotatable bonds is 20. The van der Waals surface area contributed by atoms with Crippen LogP contribution in [0.15, 0.2) is 157 Å². The first-order chi connectivity index (χ1) is 59.7. The first kappa shape index (κ1) is 99.6. The van der Waals surface area contributed by atoms with E-state index in [0.717, 1.165) is 67.1 Å². The average Bonchev–Trinajstić information content (AvgIpc) is 0.774. The molecule has 4 atom stereocenters. The summed E-state index contributed by atoms with van der Waals surface area (Å²) < 4.78 is 213. The molecule has 0 bridgehead atoms. The van der Waals surface area contributed by atoms with Crippen molar-refractivity contribution in [2.75, 3.05) is 100 Å². The van der Waals surface area contributed by atoms with Crippen molar-refractivity contribution < 1.29 is 135 Å². The SMILES string of the molecule is CC(F)(F)S(=O)(=O)c1ccc(NC(=O)N2CC=C(c3ncc([C@H](O)CO)cc3Cl)CC2)cc1.CC(F)(F)c1cc(NC(=O)N2CC=C(c3ncc([C@H](O)CO)cc3F)CC2)ccc1Cl.O=C(Nc1ccc(C(F)(F)F)c(F)c1)N1CC=C(c2ncc([C@H](O)CO)cc2F)CC1.O=C(Nc1ccc(OC(F)(F)F)c(Cl)c1)N1CC=C(c2ncc([C@H](O)CO)cc2F)CC1. The number of hydrogen-bond donors (Lipinski definition) is 12. The molecule has 12 N–H and O–H groups in total. The molecule has 0 saturated carbocycles. The van der Waals surface area contributed by atoms with E-state index in [4.69, 9.17) is 55.2 Å². The van der Waals surface area contributed by atoms with Crippen LogP contribution < -0.4 is 26.0 Å². The number of anilines is 4. The second-order valence-electron chi connectivity index (χ2n) is 28.4. The second kappa shape index (κ2) is 43.1. The number of aromatic nitrogens is 4. The third-order valence-corrected chi connectivity index (χ3v) is 22.1. The van der Waals surface area contributed by atoms with E-state index in [0.29, 0.717) is 77.9 Å². The highest BCUT2D eigenvalue weighted by Crippen LogP contribution is 2.39. The third-order valence-electron chi connectivity index (χ3n) is 19.4. The minimum Gasteiger partial charge on any atom is -0.404 e. The molecule has 45 heteroatoms. The molecule has 682 valence electrons. The number of carbonyl (C=O) groups excluding carboxylic acids is 4. The van der Waals surface area contributed by atoms with Crippen molar-refractivity contribution in [2.45, 2.75) is 92.6 Å². The number of alkyl halides is 10. The Hall–Kier alpha value is -11.2. The van der Waals surface area contributed by atoms with Gasteiger partial charge < -0.3 is 86.5 Å². The van der Waals surface area contributed by atoms with Crippen molar-refractivity contribution in [3.63, 3.8) is 0 Å². The number of aliphatic hydroxyl groups excluding tert-OH is 8. The molecule has 8 amide bonds. The van der Waals surface area contributed by atoms with Crippen molar-refractivity contribution >= 4 is 114 Å². The molecular weight excluding hydrogens is 1800 g/mol. The Labute approximate surface area is 729 Å². The van der Waals surface area contributed by atoms with E-state index in [9.17, 15) is 109 Å². The zero-order valence-electron chi connectivity index (χ0n) is 66.4. The monoisotopic (exact) mass is 1870 g/mol. The molecule has 27 nitrogen and oxygen atoms in total. The van der Waals surface area contributed by atoms with Crippen LogP contribution in [0.25, 0.3) is 22.3 Å². The molecule has 0 aliphatic carbocycles.